The maximum atomic E-state index is 11.7. The van der Waals surface area contributed by atoms with Crippen molar-refractivity contribution in [3.05, 3.63) is 23.8 Å². The standard InChI is InChI=1S/C12H17NO3S/c1-16-12-10(9-6-7-13-8-9)4-3-5-11(12)17(2,14)15/h3-5,9,13H,6-8H2,1-2H3. The summed E-state index contributed by atoms with van der Waals surface area (Å²) in [6, 6.07) is 5.33. The van der Waals surface area contributed by atoms with Crippen LogP contribution in [0.2, 0.25) is 0 Å². The van der Waals surface area contributed by atoms with Crippen LogP contribution in [0.1, 0.15) is 17.9 Å². The van der Waals surface area contributed by atoms with Gasteiger partial charge in [-0.15, -0.1) is 0 Å². The largest absolute Gasteiger partial charge is 0.495 e. The number of hydrogen-bond donors (Lipinski definition) is 1. The van der Waals surface area contributed by atoms with Crippen LogP contribution in [0.25, 0.3) is 0 Å². The second-order valence-corrected chi connectivity index (χ2v) is 6.32. The van der Waals surface area contributed by atoms with E-state index < -0.39 is 9.84 Å². The molecule has 1 aliphatic heterocycles. The molecule has 0 aliphatic carbocycles. The molecule has 1 unspecified atom stereocenters. The van der Waals surface area contributed by atoms with Crippen LogP contribution in [0, 0.1) is 0 Å². The van der Waals surface area contributed by atoms with Crippen LogP contribution in [0.4, 0.5) is 0 Å². The first-order valence-corrected chi connectivity index (χ1v) is 7.51. The van der Waals surface area contributed by atoms with Crippen LogP contribution in [-0.4, -0.2) is 34.9 Å². The Bertz CT molecular complexity index is 504. The van der Waals surface area contributed by atoms with Gasteiger partial charge in [0.15, 0.2) is 9.84 Å². The molecule has 0 amide bonds. The van der Waals surface area contributed by atoms with Crippen molar-refractivity contribution < 1.29 is 13.2 Å². The summed E-state index contributed by atoms with van der Waals surface area (Å²) in [5.41, 5.74) is 0.987. The molecule has 1 aromatic rings. The highest BCUT2D eigenvalue weighted by atomic mass is 32.2. The second-order valence-electron chi connectivity index (χ2n) is 4.34. The molecule has 1 saturated heterocycles. The summed E-state index contributed by atoms with van der Waals surface area (Å²) in [4.78, 5) is 0.282. The quantitative estimate of drug-likeness (QED) is 0.881. The summed E-state index contributed by atoms with van der Waals surface area (Å²) in [6.07, 6.45) is 2.23. The van der Waals surface area contributed by atoms with E-state index in [1.54, 1.807) is 12.1 Å². The lowest BCUT2D eigenvalue weighted by Gasteiger charge is -2.16. The third-order valence-electron chi connectivity index (χ3n) is 3.11. The van der Waals surface area contributed by atoms with Crippen molar-refractivity contribution in [2.75, 3.05) is 26.5 Å². The Labute approximate surface area is 102 Å². The van der Waals surface area contributed by atoms with Crippen molar-refractivity contribution >= 4 is 9.84 Å². The maximum Gasteiger partial charge on any atom is 0.179 e. The zero-order chi connectivity index (χ0) is 12.5. The number of sulfone groups is 1. The van der Waals surface area contributed by atoms with Crippen LogP contribution in [0.15, 0.2) is 23.1 Å². The molecule has 2 rings (SSSR count). The Kier molecular flexibility index (Phi) is 3.40. The van der Waals surface area contributed by atoms with Crippen molar-refractivity contribution in [3.8, 4) is 5.75 Å². The third-order valence-corrected chi connectivity index (χ3v) is 4.23. The number of rotatable bonds is 3. The van der Waals surface area contributed by atoms with E-state index >= 15 is 0 Å². The van der Waals surface area contributed by atoms with E-state index in [-0.39, 0.29) is 4.90 Å². The van der Waals surface area contributed by atoms with E-state index in [0.717, 1.165) is 25.1 Å². The van der Waals surface area contributed by atoms with Crippen LogP contribution < -0.4 is 10.1 Å². The fourth-order valence-electron chi connectivity index (χ4n) is 2.28. The SMILES string of the molecule is COc1c(C2CCNC2)cccc1S(C)(=O)=O. The van der Waals surface area contributed by atoms with Crippen molar-refractivity contribution in [3.63, 3.8) is 0 Å². The number of para-hydroxylation sites is 1. The minimum Gasteiger partial charge on any atom is -0.495 e. The predicted octanol–water partition coefficient (Wildman–Crippen LogP) is 1.18. The average Bonchev–Trinajstić information content (AvgIpc) is 2.80. The first-order valence-electron chi connectivity index (χ1n) is 5.61. The van der Waals surface area contributed by atoms with E-state index in [9.17, 15) is 8.42 Å². The summed E-state index contributed by atoms with van der Waals surface area (Å²) >= 11 is 0. The molecule has 0 bridgehead atoms. The molecule has 1 atom stereocenters. The molecule has 1 aromatic carbocycles. The zero-order valence-corrected chi connectivity index (χ0v) is 10.9. The Hall–Kier alpha value is -1.07. The number of methoxy groups -OCH3 is 1. The highest BCUT2D eigenvalue weighted by Crippen LogP contribution is 2.35. The topological polar surface area (TPSA) is 55.4 Å². The van der Waals surface area contributed by atoms with Gasteiger partial charge in [-0.2, -0.15) is 0 Å². The smallest absolute Gasteiger partial charge is 0.179 e. The van der Waals surface area contributed by atoms with Gasteiger partial charge in [-0.05, 0) is 24.6 Å². The van der Waals surface area contributed by atoms with Gasteiger partial charge in [-0.25, -0.2) is 8.42 Å². The Morgan fingerprint density at radius 3 is 2.71 bits per heavy atom. The van der Waals surface area contributed by atoms with Crippen molar-refractivity contribution in [2.24, 2.45) is 0 Å². The van der Waals surface area contributed by atoms with Crippen LogP contribution in [0.5, 0.6) is 5.75 Å². The average molecular weight is 255 g/mol. The van der Waals surface area contributed by atoms with Gasteiger partial charge in [0, 0.05) is 18.7 Å². The molecule has 94 valence electrons. The first kappa shape index (κ1) is 12.4. The lowest BCUT2D eigenvalue weighted by molar-refractivity contribution is 0.394. The van der Waals surface area contributed by atoms with Gasteiger partial charge < -0.3 is 10.1 Å². The van der Waals surface area contributed by atoms with E-state index in [0.29, 0.717) is 11.7 Å². The third kappa shape index (κ3) is 2.45. The maximum absolute atomic E-state index is 11.7. The lowest BCUT2D eigenvalue weighted by atomic mass is 9.97. The molecule has 0 saturated carbocycles. The van der Waals surface area contributed by atoms with Gasteiger partial charge in [-0.3, -0.25) is 0 Å². The molecule has 5 heteroatoms. The summed E-state index contributed by atoms with van der Waals surface area (Å²) < 4.78 is 28.7. The molecular weight excluding hydrogens is 238 g/mol. The van der Waals surface area contributed by atoms with Gasteiger partial charge in [0.25, 0.3) is 0 Å². The van der Waals surface area contributed by atoms with Gasteiger partial charge in [0.2, 0.25) is 0 Å². The fourth-order valence-corrected chi connectivity index (χ4v) is 3.15. The lowest BCUT2D eigenvalue weighted by Crippen LogP contribution is -2.10. The molecule has 0 spiro atoms. The molecule has 4 nitrogen and oxygen atoms in total. The van der Waals surface area contributed by atoms with Crippen molar-refractivity contribution in [1.29, 1.82) is 0 Å². The van der Waals surface area contributed by atoms with Gasteiger partial charge >= 0.3 is 0 Å². The molecule has 1 fully saturated rings. The minimum absolute atomic E-state index is 0.282. The van der Waals surface area contributed by atoms with E-state index in [1.807, 2.05) is 6.07 Å². The zero-order valence-electron chi connectivity index (χ0n) is 10.1. The van der Waals surface area contributed by atoms with Gasteiger partial charge in [-0.1, -0.05) is 12.1 Å². The number of nitrogens with one attached hydrogen (secondary N) is 1. The van der Waals surface area contributed by atoms with E-state index in [1.165, 1.54) is 13.4 Å². The summed E-state index contributed by atoms with van der Waals surface area (Å²) in [7, 11) is -1.72. The van der Waals surface area contributed by atoms with E-state index in [2.05, 4.69) is 5.32 Å². The molecule has 1 heterocycles. The van der Waals surface area contributed by atoms with Crippen LogP contribution in [-0.2, 0) is 9.84 Å². The van der Waals surface area contributed by atoms with Crippen LogP contribution in [0.3, 0.4) is 0 Å². The normalized spacial score (nSPS) is 20.5. The number of ether oxygens (including phenoxy) is 1. The van der Waals surface area contributed by atoms with Crippen molar-refractivity contribution in [2.45, 2.75) is 17.2 Å². The monoisotopic (exact) mass is 255 g/mol. The Morgan fingerprint density at radius 1 is 1.41 bits per heavy atom. The number of hydrogen-bond acceptors (Lipinski definition) is 4. The highest BCUT2D eigenvalue weighted by molar-refractivity contribution is 7.90. The molecule has 1 N–H and O–H groups in total. The van der Waals surface area contributed by atoms with Gasteiger partial charge in [0.1, 0.15) is 10.6 Å². The number of benzene rings is 1. The molecule has 1 aliphatic rings. The molecule has 17 heavy (non-hydrogen) atoms. The summed E-state index contributed by atoms with van der Waals surface area (Å²) in [6.45, 7) is 1.85. The minimum atomic E-state index is -3.24. The predicted molar refractivity (Wildman–Crippen MR) is 66.3 cm³/mol. The van der Waals surface area contributed by atoms with Gasteiger partial charge in [0.05, 0.1) is 7.11 Å². The summed E-state index contributed by atoms with van der Waals surface area (Å²) in [5, 5.41) is 3.28. The first-order chi connectivity index (χ1) is 8.04. The Balaban J connectivity index is 2.53. The van der Waals surface area contributed by atoms with E-state index in [4.69, 9.17) is 4.74 Å². The molecule has 0 aromatic heterocycles. The second kappa shape index (κ2) is 4.66. The van der Waals surface area contributed by atoms with Crippen molar-refractivity contribution in [1.82, 2.24) is 5.32 Å². The molecule has 0 radical (unpaired) electrons. The van der Waals surface area contributed by atoms with Crippen LogP contribution >= 0.6 is 0 Å². The fraction of sp³-hybridized carbons (Fsp3) is 0.500. The molecular formula is C12H17NO3S. The Morgan fingerprint density at radius 2 is 2.18 bits per heavy atom. The highest BCUT2D eigenvalue weighted by Gasteiger charge is 2.24. The summed E-state index contributed by atoms with van der Waals surface area (Å²) in [5.74, 6) is 0.843.